The van der Waals surface area contributed by atoms with Crippen LogP contribution < -0.4 is 15.2 Å². The van der Waals surface area contributed by atoms with Crippen LogP contribution in [0.2, 0.25) is 0 Å². The molecule has 9 heteroatoms. The van der Waals surface area contributed by atoms with Gasteiger partial charge in [-0.2, -0.15) is 0 Å². The van der Waals surface area contributed by atoms with Crippen LogP contribution in [-0.4, -0.2) is 53.2 Å². The molecule has 1 aliphatic rings. The van der Waals surface area contributed by atoms with E-state index in [1.165, 1.54) is 23.4 Å². The third-order valence-electron chi connectivity index (χ3n) is 4.17. The summed E-state index contributed by atoms with van der Waals surface area (Å²) in [7, 11) is 3.05. The van der Waals surface area contributed by atoms with Gasteiger partial charge in [-0.3, -0.25) is 9.36 Å². The van der Waals surface area contributed by atoms with E-state index in [0.717, 1.165) is 12.8 Å². The number of thioether (sulfide) groups is 1. The zero-order valence-corrected chi connectivity index (χ0v) is 15.5. The highest BCUT2D eigenvalue weighted by molar-refractivity contribution is 7.99. The molecule has 1 N–H and O–H groups in total. The molecular formula is C17H21N3O5S. The van der Waals surface area contributed by atoms with Crippen LogP contribution in [0.1, 0.15) is 23.2 Å². The number of aromatic amines is 1. The van der Waals surface area contributed by atoms with Gasteiger partial charge in [0.05, 0.1) is 38.2 Å². The van der Waals surface area contributed by atoms with E-state index in [1.807, 2.05) is 0 Å². The number of carbonyl (C=O) groups excluding carboxylic acids is 1. The molecule has 2 aromatic rings. The largest absolute Gasteiger partial charge is 0.497 e. The molecule has 1 saturated heterocycles. The first-order chi connectivity index (χ1) is 12.6. The van der Waals surface area contributed by atoms with Gasteiger partial charge >= 0.3 is 5.69 Å². The summed E-state index contributed by atoms with van der Waals surface area (Å²) in [6.45, 7) is 1.15. The van der Waals surface area contributed by atoms with Gasteiger partial charge in [0, 0.05) is 6.61 Å². The number of aromatic nitrogens is 3. The molecule has 0 spiro atoms. The van der Waals surface area contributed by atoms with E-state index in [4.69, 9.17) is 14.2 Å². The molecule has 140 valence electrons. The molecule has 0 saturated carbocycles. The number of nitrogens with zero attached hydrogens (tertiary/aromatic N) is 2. The van der Waals surface area contributed by atoms with Crippen molar-refractivity contribution in [1.82, 2.24) is 14.8 Å². The zero-order chi connectivity index (χ0) is 18.5. The van der Waals surface area contributed by atoms with Crippen LogP contribution in [0, 0.1) is 0 Å². The number of benzene rings is 1. The molecule has 0 bridgehead atoms. The van der Waals surface area contributed by atoms with Crippen LogP contribution in [0.4, 0.5) is 0 Å². The predicted molar refractivity (Wildman–Crippen MR) is 96.4 cm³/mol. The van der Waals surface area contributed by atoms with Crippen molar-refractivity contribution in [3.8, 4) is 11.5 Å². The number of Topliss-reactive ketones (excluding diaryl/α,β-unsaturated/α-hetero) is 1. The lowest BCUT2D eigenvalue weighted by atomic mass is 10.1. The summed E-state index contributed by atoms with van der Waals surface area (Å²) in [5, 5.41) is 6.94. The van der Waals surface area contributed by atoms with Crippen molar-refractivity contribution in [1.29, 1.82) is 0 Å². The minimum Gasteiger partial charge on any atom is -0.497 e. The number of carbonyl (C=O) groups is 1. The van der Waals surface area contributed by atoms with Crippen molar-refractivity contribution in [3.05, 3.63) is 34.2 Å². The first-order valence-corrected chi connectivity index (χ1v) is 9.25. The Morgan fingerprint density at radius 3 is 2.96 bits per heavy atom. The molecule has 1 unspecified atom stereocenters. The summed E-state index contributed by atoms with van der Waals surface area (Å²) in [6.07, 6.45) is 1.93. The van der Waals surface area contributed by atoms with Crippen LogP contribution in [0.15, 0.2) is 28.2 Å². The van der Waals surface area contributed by atoms with Gasteiger partial charge in [0.15, 0.2) is 10.9 Å². The summed E-state index contributed by atoms with van der Waals surface area (Å²) in [5.74, 6) is 1.05. The van der Waals surface area contributed by atoms with Gasteiger partial charge in [0.2, 0.25) is 0 Å². The van der Waals surface area contributed by atoms with Gasteiger partial charge in [0.25, 0.3) is 0 Å². The number of hydrogen-bond donors (Lipinski definition) is 1. The van der Waals surface area contributed by atoms with E-state index >= 15 is 0 Å². The van der Waals surface area contributed by atoms with E-state index in [-0.39, 0.29) is 23.3 Å². The Labute approximate surface area is 154 Å². The molecule has 1 aliphatic heterocycles. The van der Waals surface area contributed by atoms with E-state index < -0.39 is 0 Å². The Morgan fingerprint density at radius 2 is 2.27 bits per heavy atom. The number of hydrogen-bond acceptors (Lipinski definition) is 7. The zero-order valence-electron chi connectivity index (χ0n) is 14.7. The van der Waals surface area contributed by atoms with E-state index in [1.54, 1.807) is 25.3 Å². The maximum atomic E-state index is 12.6. The maximum absolute atomic E-state index is 12.6. The molecule has 3 rings (SSSR count). The van der Waals surface area contributed by atoms with Gasteiger partial charge in [-0.15, -0.1) is 5.10 Å². The summed E-state index contributed by atoms with van der Waals surface area (Å²) < 4.78 is 17.5. The molecule has 0 radical (unpaired) electrons. The molecule has 26 heavy (non-hydrogen) atoms. The SMILES string of the molecule is COc1ccc(OC)c(C(=O)CSc2n[nH]c(=O)n2CC2CCCO2)c1. The average Bonchev–Trinajstić information content (AvgIpc) is 3.30. The van der Waals surface area contributed by atoms with Crippen LogP contribution >= 0.6 is 11.8 Å². The van der Waals surface area contributed by atoms with E-state index in [0.29, 0.717) is 35.4 Å². The lowest BCUT2D eigenvalue weighted by Gasteiger charge is -2.11. The Kier molecular flexibility index (Phi) is 6.00. The number of rotatable bonds is 8. The fourth-order valence-corrected chi connectivity index (χ4v) is 3.65. The fourth-order valence-electron chi connectivity index (χ4n) is 2.81. The van der Waals surface area contributed by atoms with Gasteiger partial charge in [-0.25, -0.2) is 9.89 Å². The minimum atomic E-state index is -0.297. The third-order valence-corrected chi connectivity index (χ3v) is 5.15. The lowest BCUT2D eigenvalue weighted by Crippen LogP contribution is -2.25. The van der Waals surface area contributed by atoms with Crippen molar-refractivity contribution in [2.45, 2.75) is 30.6 Å². The highest BCUT2D eigenvalue weighted by atomic mass is 32.2. The topological polar surface area (TPSA) is 95.4 Å². The number of methoxy groups -OCH3 is 2. The first kappa shape index (κ1) is 18.5. The molecule has 0 amide bonds. The second-order valence-electron chi connectivity index (χ2n) is 5.84. The highest BCUT2D eigenvalue weighted by Crippen LogP contribution is 2.26. The van der Waals surface area contributed by atoms with Gasteiger partial charge in [-0.05, 0) is 31.0 Å². The van der Waals surface area contributed by atoms with Gasteiger partial charge in [-0.1, -0.05) is 11.8 Å². The van der Waals surface area contributed by atoms with Crippen LogP contribution in [-0.2, 0) is 11.3 Å². The van der Waals surface area contributed by atoms with Crippen LogP contribution in [0.5, 0.6) is 11.5 Å². The molecule has 1 fully saturated rings. The van der Waals surface area contributed by atoms with Crippen LogP contribution in [0.25, 0.3) is 0 Å². The smallest absolute Gasteiger partial charge is 0.344 e. The predicted octanol–water partition coefficient (Wildman–Crippen LogP) is 1.74. The Hall–Kier alpha value is -2.26. The van der Waals surface area contributed by atoms with Gasteiger partial charge in [0.1, 0.15) is 11.5 Å². The maximum Gasteiger partial charge on any atom is 0.344 e. The molecule has 1 aromatic heterocycles. The molecular weight excluding hydrogens is 358 g/mol. The summed E-state index contributed by atoms with van der Waals surface area (Å²) in [6, 6.07) is 5.07. The molecule has 8 nitrogen and oxygen atoms in total. The van der Waals surface area contributed by atoms with Crippen LogP contribution in [0.3, 0.4) is 0 Å². The molecule has 0 aliphatic carbocycles. The Bertz CT molecular complexity index is 826. The molecule has 1 atom stereocenters. The van der Waals surface area contributed by atoms with Crippen molar-refractivity contribution in [2.24, 2.45) is 0 Å². The Morgan fingerprint density at radius 1 is 1.42 bits per heavy atom. The monoisotopic (exact) mass is 379 g/mol. The van der Waals surface area contributed by atoms with Crippen molar-refractivity contribution >= 4 is 17.5 Å². The molecule has 2 heterocycles. The molecule has 1 aromatic carbocycles. The third kappa shape index (κ3) is 4.10. The van der Waals surface area contributed by atoms with E-state index in [9.17, 15) is 9.59 Å². The highest BCUT2D eigenvalue weighted by Gasteiger charge is 2.21. The fraction of sp³-hybridized carbons (Fsp3) is 0.471. The normalized spacial score (nSPS) is 16.6. The van der Waals surface area contributed by atoms with Gasteiger partial charge < -0.3 is 14.2 Å². The number of nitrogens with one attached hydrogen (secondary N) is 1. The number of ether oxygens (including phenoxy) is 3. The lowest BCUT2D eigenvalue weighted by molar-refractivity contribution is 0.0941. The second kappa shape index (κ2) is 8.41. The number of ketones is 1. The van der Waals surface area contributed by atoms with Crippen molar-refractivity contribution in [3.63, 3.8) is 0 Å². The van der Waals surface area contributed by atoms with Crippen molar-refractivity contribution < 1.29 is 19.0 Å². The quantitative estimate of drug-likeness (QED) is 0.551. The summed E-state index contributed by atoms with van der Waals surface area (Å²) in [4.78, 5) is 24.6. The van der Waals surface area contributed by atoms with E-state index in [2.05, 4.69) is 10.2 Å². The Balaban J connectivity index is 1.71. The van der Waals surface area contributed by atoms with Crippen molar-refractivity contribution in [2.75, 3.05) is 26.6 Å². The first-order valence-electron chi connectivity index (χ1n) is 8.27. The summed E-state index contributed by atoms with van der Waals surface area (Å²) in [5.41, 5.74) is 0.136. The standard InChI is InChI=1S/C17H21N3O5S/c1-23-11-5-6-15(24-2)13(8-11)14(21)10-26-17-19-18-16(22)20(17)9-12-4-3-7-25-12/h5-6,8,12H,3-4,7,9-10H2,1-2H3,(H,18,22). The number of H-pyrrole nitrogens is 1. The average molecular weight is 379 g/mol. The second-order valence-corrected chi connectivity index (χ2v) is 6.78. The minimum absolute atomic E-state index is 0.0128. The summed E-state index contributed by atoms with van der Waals surface area (Å²) >= 11 is 1.21.